The van der Waals surface area contributed by atoms with Crippen molar-refractivity contribution < 1.29 is 4.65 Å². The van der Waals surface area contributed by atoms with Gasteiger partial charge in [0.1, 0.15) is 0 Å². The quantitative estimate of drug-likeness (QED) is 0.554. The molecule has 3 nitrogen and oxygen atoms in total. The van der Waals surface area contributed by atoms with Crippen molar-refractivity contribution in [2.45, 2.75) is 59.5 Å². The molecule has 1 saturated heterocycles. The summed E-state index contributed by atoms with van der Waals surface area (Å²) in [7, 11) is 0.00426. The SMILES string of the molecule is CC/C(C#N)=C1/CCOB1N(C(C)C)C(C)C. The van der Waals surface area contributed by atoms with Crippen LogP contribution in [0.4, 0.5) is 0 Å². The van der Waals surface area contributed by atoms with Crippen LogP contribution in [0.15, 0.2) is 11.0 Å². The zero-order chi connectivity index (χ0) is 13.0. The first-order valence-corrected chi connectivity index (χ1v) is 6.53. The van der Waals surface area contributed by atoms with Crippen LogP contribution in [0.3, 0.4) is 0 Å². The molecular formula is C13H23BN2O. The van der Waals surface area contributed by atoms with Crippen molar-refractivity contribution >= 4 is 7.05 Å². The van der Waals surface area contributed by atoms with Gasteiger partial charge in [-0.05, 0) is 30.4 Å². The van der Waals surface area contributed by atoms with Crippen LogP contribution in [0.1, 0.15) is 47.5 Å². The van der Waals surface area contributed by atoms with E-state index < -0.39 is 0 Å². The molecule has 1 heterocycles. The summed E-state index contributed by atoms with van der Waals surface area (Å²) in [4.78, 5) is 2.34. The second-order valence-corrected chi connectivity index (χ2v) is 5.08. The minimum atomic E-state index is 0.00426. The van der Waals surface area contributed by atoms with E-state index >= 15 is 0 Å². The van der Waals surface area contributed by atoms with Crippen molar-refractivity contribution in [2.75, 3.05) is 6.61 Å². The van der Waals surface area contributed by atoms with Gasteiger partial charge in [0.05, 0.1) is 6.07 Å². The second-order valence-electron chi connectivity index (χ2n) is 5.08. The normalized spacial score (nSPS) is 19.4. The van der Waals surface area contributed by atoms with Gasteiger partial charge >= 0.3 is 7.05 Å². The van der Waals surface area contributed by atoms with Crippen LogP contribution in [-0.2, 0) is 4.65 Å². The topological polar surface area (TPSA) is 36.3 Å². The summed E-state index contributed by atoms with van der Waals surface area (Å²) in [5.41, 5.74) is 2.09. The third-order valence-corrected chi connectivity index (χ3v) is 3.28. The molecule has 94 valence electrons. The Hall–Kier alpha value is -0.785. The molecule has 0 aromatic rings. The molecule has 1 rings (SSSR count). The van der Waals surface area contributed by atoms with Crippen molar-refractivity contribution in [3.05, 3.63) is 11.0 Å². The van der Waals surface area contributed by atoms with Crippen molar-refractivity contribution in [3.63, 3.8) is 0 Å². The van der Waals surface area contributed by atoms with E-state index in [1.165, 1.54) is 5.47 Å². The van der Waals surface area contributed by atoms with Crippen LogP contribution < -0.4 is 0 Å². The lowest BCUT2D eigenvalue weighted by molar-refractivity contribution is 0.236. The maximum Gasteiger partial charge on any atom is 0.415 e. The van der Waals surface area contributed by atoms with Gasteiger partial charge in [-0.25, -0.2) is 0 Å². The Morgan fingerprint density at radius 1 is 1.41 bits per heavy atom. The third kappa shape index (κ3) is 3.11. The fourth-order valence-corrected chi connectivity index (χ4v) is 2.59. The molecule has 0 atom stereocenters. The highest BCUT2D eigenvalue weighted by atomic mass is 16.4. The van der Waals surface area contributed by atoms with Gasteiger partial charge in [-0.1, -0.05) is 34.6 Å². The molecule has 0 aromatic heterocycles. The lowest BCUT2D eigenvalue weighted by atomic mass is 9.67. The minimum absolute atomic E-state index is 0.00426. The molecule has 17 heavy (non-hydrogen) atoms. The summed E-state index contributed by atoms with van der Waals surface area (Å²) in [6.07, 6.45) is 1.70. The smallest absolute Gasteiger partial charge is 0.415 e. The monoisotopic (exact) mass is 234 g/mol. The Bertz CT molecular complexity index is 323. The fourth-order valence-electron chi connectivity index (χ4n) is 2.59. The van der Waals surface area contributed by atoms with Crippen LogP contribution in [0.25, 0.3) is 0 Å². The van der Waals surface area contributed by atoms with Gasteiger partial charge in [-0.15, -0.1) is 0 Å². The molecule has 0 N–H and O–H groups in total. The molecule has 0 spiro atoms. The fraction of sp³-hybridized carbons (Fsp3) is 0.769. The second kappa shape index (κ2) is 6.23. The first-order valence-electron chi connectivity index (χ1n) is 6.53. The van der Waals surface area contributed by atoms with Gasteiger partial charge in [0.25, 0.3) is 0 Å². The van der Waals surface area contributed by atoms with E-state index in [-0.39, 0.29) is 7.05 Å². The van der Waals surface area contributed by atoms with Crippen LogP contribution in [0, 0.1) is 11.3 Å². The highest BCUT2D eigenvalue weighted by Crippen LogP contribution is 2.27. The van der Waals surface area contributed by atoms with E-state index in [1.54, 1.807) is 0 Å². The molecule has 0 aromatic carbocycles. The van der Waals surface area contributed by atoms with Crippen LogP contribution in [0.2, 0.25) is 0 Å². The Labute approximate surface area is 106 Å². The van der Waals surface area contributed by atoms with E-state index in [0.29, 0.717) is 12.1 Å². The first kappa shape index (κ1) is 14.3. The Balaban J connectivity index is 3.03. The summed E-state index contributed by atoms with van der Waals surface area (Å²) in [5, 5.41) is 9.18. The Kier molecular flexibility index (Phi) is 5.23. The number of allylic oxidation sites excluding steroid dienone is 1. The Morgan fingerprint density at radius 3 is 2.41 bits per heavy atom. The number of nitrogens with zero attached hydrogens (tertiary/aromatic N) is 2. The van der Waals surface area contributed by atoms with Crippen molar-refractivity contribution in [3.8, 4) is 6.07 Å². The molecule has 0 radical (unpaired) electrons. The number of rotatable bonds is 4. The number of hydrogen-bond acceptors (Lipinski definition) is 3. The summed E-state index contributed by atoms with van der Waals surface area (Å²) >= 11 is 0. The van der Waals surface area contributed by atoms with E-state index in [1.807, 2.05) is 6.92 Å². The van der Waals surface area contributed by atoms with Gasteiger partial charge in [-0.3, -0.25) is 0 Å². The maximum atomic E-state index is 9.18. The molecule has 4 heteroatoms. The van der Waals surface area contributed by atoms with E-state index in [2.05, 4.69) is 38.6 Å². The molecule has 1 fully saturated rings. The summed E-state index contributed by atoms with van der Waals surface area (Å²) in [6, 6.07) is 3.17. The first-order chi connectivity index (χ1) is 8.02. The zero-order valence-electron chi connectivity index (χ0n) is 11.7. The maximum absolute atomic E-state index is 9.18. The van der Waals surface area contributed by atoms with Crippen LogP contribution >= 0.6 is 0 Å². The van der Waals surface area contributed by atoms with Crippen LogP contribution in [0.5, 0.6) is 0 Å². The van der Waals surface area contributed by atoms with Crippen molar-refractivity contribution in [2.24, 2.45) is 0 Å². The molecule has 0 unspecified atom stereocenters. The van der Waals surface area contributed by atoms with E-state index in [0.717, 1.165) is 25.0 Å². The lowest BCUT2D eigenvalue weighted by Gasteiger charge is -2.34. The summed E-state index contributed by atoms with van der Waals surface area (Å²) in [6.45, 7) is 11.5. The van der Waals surface area contributed by atoms with E-state index in [9.17, 15) is 5.26 Å². The molecule has 0 bridgehead atoms. The standard InChI is InChI=1S/C13H23BN2O/c1-6-12(9-15)13-7-8-17-14(13)16(10(2)3)11(4)5/h10-11H,6-8H2,1-5H3/b13-12+. The summed E-state index contributed by atoms with van der Waals surface area (Å²) in [5.74, 6) is 0. The Morgan fingerprint density at radius 2 is 2.00 bits per heavy atom. The molecule has 1 aliphatic rings. The predicted octanol–water partition coefficient (Wildman–Crippen LogP) is 2.78. The van der Waals surface area contributed by atoms with Crippen molar-refractivity contribution in [1.82, 2.24) is 4.81 Å². The number of nitriles is 1. The van der Waals surface area contributed by atoms with Gasteiger partial charge in [0.15, 0.2) is 0 Å². The summed E-state index contributed by atoms with van der Waals surface area (Å²) < 4.78 is 5.85. The third-order valence-electron chi connectivity index (χ3n) is 3.28. The lowest BCUT2D eigenvalue weighted by Crippen LogP contribution is -2.49. The minimum Gasteiger partial charge on any atom is -0.417 e. The molecule has 0 aliphatic carbocycles. The molecule has 0 saturated carbocycles. The highest BCUT2D eigenvalue weighted by Gasteiger charge is 2.38. The predicted molar refractivity (Wildman–Crippen MR) is 71.4 cm³/mol. The van der Waals surface area contributed by atoms with Gasteiger partial charge in [0.2, 0.25) is 0 Å². The van der Waals surface area contributed by atoms with Gasteiger partial charge < -0.3 is 9.47 Å². The molecule has 0 amide bonds. The van der Waals surface area contributed by atoms with Crippen molar-refractivity contribution in [1.29, 1.82) is 5.26 Å². The highest BCUT2D eigenvalue weighted by molar-refractivity contribution is 6.58. The number of hydrogen-bond donors (Lipinski definition) is 0. The average molecular weight is 234 g/mol. The average Bonchev–Trinajstić information content (AvgIpc) is 2.68. The van der Waals surface area contributed by atoms with Crippen LogP contribution in [-0.4, -0.2) is 30.6 Å². The van der Waals surface area contributed by atoms with Gasteiger partial charge in [0, 0.05) is 12.2 Å². The van der Waals surface area contributed by atoms with E-state index in [4.69, 9.17) is 4.65 Å². The molecular weight excluding hydrogens is 211 g/mol. The van der Waals surface area contributed by atoms with Gasteiger partial charge in [-0.2, -0.15) is 5.26 Å². The zero-order valence-corrected chi connectivity index (χ0v) is 11.7. The largest absolute Gasteiger partial charge is 0.417 e. The molecule has 1 aliphatic heterocycles.